The molecule has 1 aliphatic heterocycles. The van der Waals surface area contributed by atoms with Crippen LogP contribution in [0.25, 0.3) is 0 Å². The highest BCUT2D eigenvalue weighted by molar-refractivity contribution is 8.06. The largest absolute Gasteiger partial charge is 0.229 e. The lowest BCUT2D eigenvalue weighted by molar-refractivity contribution is 0.602. The minimum Gasteiger partial charge on any atom is -0.229 e. The van der Waals surface area contributed by atoms with Crippen molar-refractivity contribution in [3.05, 3.63) is 0 Å². The van der Waals surface area contributed by atoms with Crippen molar-refractivity contribution >= 4 is 33.4 Å². The van der Waals surface area contributed by atoms with E-state index in [2.05, 4.69) is 13.8 Å². The molecule has 0 aliphatic carbocycles. The average molecular weight is 297 g/mol. The van der Waals surface area contributed by atoms with Crippen molar-refractivity contribution < 1.29 is 8.42 Å². The lowest BCUT2D eigenvalue weighted by atomic mass is 10.4. The van der Waals surface area contributed by atoms with E-state index >= 15 is 0 Å². The van der Waals surface area contributed by atoms with E-state index < -0.39 is 9.84 Å². The third kappa shape index (κ3) is 5.88. The molecule has 0 amide bonds. The minimum absolute atomic E-state index is 0.341. The van der Waals surface area contributed by atoms with Crippen molar-refractivity contribution in [1.29, 1.82) is 0 Å². The second-order valence-electron chi connectivity index (χ2n) is 4.60. The number of sulfone groups is 1. The zero-order valence-corrected chi connectivity index (χ0v) is 13.3. The SMILES string of the molecule is CCCCS[C@H]1CS(=O)(=O)C[C@@H]1SCCCC. The van der Waals surface area contributed by atoms with Gasteiger partial charge in [0.25, 0.3) is 0 Å². The van der Waals surface area contributed by atoms with Crippen LogP contribution in [-0.2, 0) is 9.84 Å². The van der Waals surface area contributed by atoms with Crippen LogP contribution >= 0.6 is 23.5 Å². The molecular weight excluding hydrogens is 272 g/mol. The smallest absolute Gasteiger partial charge is 0.152 e. The molecule has 0 bridgehead atoms. The molecule has 1 aliphatic rings. The Balaban J connectivity index is 2.40. The molecule has 0 unspecified atom stereocenters. The zero-order valence-electron chi connectivity index (χ0n) is 10.9. The fraction of sp³-hybridized carbons (Fsp3) is 1.00. The van der Waals surface area contributed by atoms with E-state index in [0.29, 0.717) is 22.0 Å². The summed E-state index contributed by atoms with van der Waals surface area (Å²) in [5.41, 5.74) is 0. The van der Waals surface area contributed by atoms with E-state index in [1.807, 2.05) is 23.5 Å². The second-order valence-corrected chi connectivity index (χ2v) is 9.45. The summed E-state index contributed by atoms with van der Waals surface area (Å²) in [6.45, 7) is 4.36. The van der Waals surface area contributed by atoms with Gasteiger partial charge in [0, 0.05) is 10.5 Å². The van der Waals surface area contributed by atoms with Crippen molar-refractivity contribution in [3.63, 3.8) is 0 Å². The first-order valence-electron chi connectivity index (χ1n) is 6.52. The van der Waals surface area contributed by atoms with Crippen molar-refractivity contribution in [2.24, 2.45) is 0 Å². The van der Waals surface area contributed by atoms with Crippen molar-refractivity contribution in [2.45, 2.75) is 50.0 Å². The van der Waals surface area contributed by atoms with E-state index in [9.17, 15) is 8.42 Å². The molecule has 5 heteroatoms. The summed E-state index contributed by atoms with van der Waals surface area (Å²) in [6, 6.07) is 0. The van der Waals surface area contributed by atoms with Gasteiger partial charge in [0.1, 0.15) is 0 Å². The fourth-order valence-electron chi connectivity index (χ4n) is 1.85. The number of unbranched alkanes of at least 4 members (excludes halogenated alkanes) is 2. The molecule has 102 valence electrons. The molecule has 0 radical (unpaired) electrons. The van der Waals surface area contributed by atoms with Crippen LogP contribution in [0.2, 0.25) is 0 Å². The maximum Gasteiger partial charge on any atom is 0.152 e. The molecular formula is C12H24O2S3. The van der Waals surface area contributed by atoms with Gasteiger partial charge in [-0.3, -0.25) is 0 Å². The number of thioether (sulfide) groups is 2. The van der Waals surface area contributed by atoms with Crippen LogP contribution in [0.5, 0.6) is 0 Å². The predicted octanol–water partition coefficient (Wildman–Crippen LogP) is 3.22. The fourth-order valence-corrected chi connectivity index (χ4v) is 8.32. The Morgan fingerprint density at radius 1 is 0.941 bits per heavy atom. The Morgan fingerprint density at radius 3 is 1.71 bits per heavy atom. The van der Waals surface area contributed by atoms with Gasteiger partial charge in [0.05, 0.1) is 11.5 Å². The van der Waals surface area contributed by atoms with Crippen LogP contribution in [0.1, 0.15) is 39.5 Å². The summed E-state index contributed by atoms with van der Waals surface area (Å²) in [4.78, 5) is 0. The standard InChI is InChI=1S/C12H24O2S3/c1-3-5-7-15-11-9-17(13,14)10-12(11)16-8-6-4-2/h11-12H,3-10H2,1-2H3/t11-,12-/m0/s1. The van der Waals surface area contributed by atoms with Crippen molar-refractivity contribution in [1.82, 2.24) is 0 Å². The molecule has 0 aromatic carbocycles. The van der Waals surface area contributed by atoms with E-state index in [1.165, 1.54) is 25.7 Å². The predicted molar refractivity (Wildman–Crippen MR) is 81.0 cm³/mol. The second kappa shape index (κ2) is 7.95. The summed E-state index contributed by atoms with van der Waals surface area (Å²) in [5, 5.41) is 0.682. The minimum atomic E-state index is -2.76. The summed E-state index contributed by atoms with van der Waals surface area (Å²) in [7, 11) is -2.76. The lowest BCUT2D eigenvalue weighted by Crippen LogP contribution is -2.18. The molecule has 1 rings (SSSR count). The molecule has 0 spiro atoms. The molecule has 2 atom stereocenters. The van der Waals surface area contributed by atoms with E-state index in [1.54, 1.807) is 0 Å². The topological polar surface area (TPSA) is 34.1 Å². The monoisotopic (exact) mass is 296 g/mol. The summed E-state index contributed by atoms with van der Waals surface area (Å²) in [5.74, 6) is 3.04. The van der Waals surface area contributed by atoms with Crippen LogP contribution in [0.3, 0.4) is 0 Å². The van der Waals surface area contributed by atoms with Gasteiger partial charge < -0.3 is 0 Å². The normalized spacial score (nSPS) is 27.4. The molecule has 1 fully saturated rings. The zero-order chi connectivity index (χ0) is 12.7. The van der Waals surface area contributed by atoms with Gasteiger partial charge in [0.15, 0.2) is 9.84 Å². The highest BCUT2D eigenvalue weighted by atomic mass is 32.2. The first kappa shape index (κ1) is 15.7. The van der Waals surface area contributed by atoms with Crippen LogP contribution in [0, 0.1) is 0 Å². The Morgan fingerprint density at radius 2 is 1.35 bits per heavy atom. The van der Waals surface area contributed by atoms with Gasteiger partial charge in [-0.1, -0.05) is 26.7 Å². The highest BCUT2D eigenvalue weighted by Gasteiger charge is 2.37. The van der Waals surface area contributed by atoms with E-state index in [0.717, 1.165) is 11.5 Å². The van der Waals surface area contributed by atoms with E-state index in [4.69, 9.17) is 0 Å². The summed E-state index contributed by atoms with van der Waals surface area (Å²) >= 11 is 3.75. The van der Waals surface area contributed by atoms with Crippen LogP contribution in [-0.4, -0.2) is 41.9 Å². The van der Waals surface area contributed by atoms with Gasteiger partial charge in [-0.05, 0) is 24.3 Å². The maximum atomic E-state index is 11.7. The van der Waals surface area contributed by atoms with Gasteiger partial charge in [-0.25, -0.2) is 8.42 Å². The van der Waals surface area contributed by atoms with Crippen LogP contribution in [0.15, 0.2) is 0 Å². The molecule has 0 aromatic rings. The molecule has 0 saturated carbocycles. The quantitative estimate of drug-likeness (QED) is 0.644. The highest BCUT2D eigenvalue weighted by Crippen LogP contribution is 2.33. The number of hydrogen-bond donors (Lipinski definition) is 0. The molecule has 0 aromatic heterocycles. The van der Waals surface area contributed by atoms with Gasteiger partial charge in [-0.2, -0.15) is 23.5 Å². The summed E-state index contributed by atoms with van der Waals surface area (Å²) in [6.07, 6.45) is 4.79. The molecule has 0 N–H and O–H groups in total. The third-order valence-electron chi connectivity index (χ3n) is 2.91. The molecule has 17 heavy (non-hydrogen) atoms. The first-order valence-corrected chi connectivity index (χ1v) is 10.4. The van der Waals surface area contributed by atoms with Crippen molar-refractivity contribution in [3.8, 4) is 0 Å². The van der Waals surface area contributed by atoms with E-state index in [-0.39, 0.29) is 0 Å². The number of rotatable bonds is 8. The summed E-state index contributed by atoms with van der Waals surface area (Å²) < 4.78 is 23.4. The Bertz CT molecular complexity index is 277. The third-order valence-corrected chi connectivity index (χ3v) is 8.13. The van der Waals surface area contributed by atoms with Gasteiger partial charge in [0.2, 0.25) is 0 Å². The maximum absolute atomic E-state index is 11.7. The van der Waals surface area contributed by atoms with Gasteiger partial charge in [-0.15, -0.1) is 0 Å². The van der Waals surface area contributed by atoms with Crippen LogP contribution < -0.4 is 0 Å². The van der Waals surface area contributed by atoms with Gasteiger partial charge >= 0.3 is 0 Å². The molecule has 1 heterocycles. The Labute approximate surface area is 115 Å². The van der Waals surface area contributed by atoms with Crippen LogP contribution in [0.4, 0.5) is 0 Å². The Hall–Kier alpha value is 0.650. The Kier molecular flexibility index (Phi) is 7.34. The molecule has 1 saturated heterocycles. The van der Waals surface area contributed by atoms with Crippen molar-refractivity contribution in [2.75, 3.05) is 23.0 Å². The average Bonchev–Trinajstić information content (AvgIpc) is 2.54. The molecule has 2 nitrogen and oxygen atoms in total. The number of hydrogen-bond acceptors (Lipinski definition) is 4. The first-order chi connectivity index (χ1) is 8.09. The lowest BCUT2D eigenvalue weighted by Gasteiger charge is -2.16.